The third kappa shape index (κ3) is 4.68. The number of carbonyl (C=O) groups excluding carboxylic acids is 1. The molecule has 1 fully saturated rings. The Morgan fingerprint density at radius 3 is 2.61 bits per heavy atom. The van der Waals surface area contributed by atoms with Gasteiger partial charge in [0, 0.05) is 41.7 Å². The number of anilines is 1. The average Bonchev–Trinajstić information content (AvgIpc) is 3.17. The first-order chi connectivity index (χ1) is 15.7. The van der Waals surface area contributed by atoms with E-state index in [9.17, 15) is 18.7 Å². The highest BCUT2D eigenvalue weighted by atomic mass is 19.1. The van der Waals surface area contributed by atoms with E-state index in [1.54, 1.807) is 45.2 Å². The molecule has 1 unspecified atom stereocenters. The van der Waals surface area contributed by atoms with Crippen molar-refractivity contribution in [2.45, 2.75) is 38.8 Å². The molecular weight excluding hydrogens is 428 g/mol. The van der Waals surface area contributed by atoms with Gasteiger partial charge in [-0.2, -0.15) is 0 Å². The van der Waals surface area contributed by atoms with Gasteiger partial charge >= 0.3 is 0 Å². The van der Waals surface area contributed by atoms with Gasteiger partial charge in [-0.1, -0.05) is 0 Å². The average molecular weight is 453 g/mol. The van der Waals surface area contributed by atoms with E-state index in [2.05, 4.69) is 25.6 Å². The zero-order chi connectivity index (χ0) is 23.7. The Labute approximate surface area is 190 Å². The first-order valence-corrected chi connectivity index (χ1v) is 10.7. The zero-order valence-electron chi connectivity index (χ0n) is 18.5. The van der Waals surface area contributed by atoms with Crippen LogP contribution in [-0.4, -0.2) is 38.6 Å². The number of halogens is 2. The van der Waals surface area contributed by atoms with Crippen molar-refractivity contribution in [3.63, 3.8) is 0 Å². The summed E-state index contributed by atoms with van der Waals surface area (Å²) in [5, 5.41) is 15.7. The number of aliphatic hydroxyl groups excluding tert-OH is 1. The van der Waals surface area contributed by atoms with Crippen LogP contribution in [0.25, 0.3) is 11.1 Å². The second-order valence-electron chi connectivity index (χ2n) is 8.34. The third-order valence-corrected chi connectivity index (χ3v) is 5.94. The molecule has 0 spiro atoms. The summed E-state index contributed by atoms with van der Waals surface area (Å²) in [7, 11) is 0. The number of aryl methyl sites for hydroxylation is 1. The molecule has 4 rings (SSSR count). The summed E-state index contributed by atoms with van der Waals surface area (Å²) in [6, 6.07) is 6.63. The summed E-state index contributed by atoms with van der Waals surface area (Å²) in [4.78, 5) is 25.0. The molecule has 1 aliphatic heterocycles. The van der Waals surface area contributed by atoms with E-state index >= 15 is 0 Å². The zero-order valence-corrected chi connectivity index (χ0v) is 18.5. The van der Waals surface area contributed by atoms with Crippen LogP contribution in [0.2, 0.25) is 0 Å². The quantitative estimate of drug-likeness (QED) is 0.528. The molecule has 172 valence electrons. The monoisotopic (exact) mass is 453 g/mol. The van der Waals surface area contributed by atoms with Gasteiger partial charge < -0.3 is 15.7 Å². The van der Waals surface area contributed by atoms with Crippen molar-refractivity contribution in [1.29, 1.82) is 0 Å². The van der Waals surface area contributed by atoms with Gasteiger partial charge in [-0.05, 0) is 56.7 Å². The van der Waals surface area contributed by atoms with Gasteiger partial charge in [0.1, 0.15) is 11.6 Å². The van der Waals surface area contributed by atoms with Crippen molar-refractivity contribution in [3.05, 3.63) is 71.3 Å². The predicted molar refractivity (Wildman–Crippen MR) is 119 cm³/mol. The number of hydrogen-bond donors (Lipinski definition) is 3. The van der Waals surface area contributed by atoms with Gasteiger partial charge in [0.2, 0.25) is 11.9 Å². The standard InChI is InChI=1S/C24H25F2N5O2/c1-12-8-15(4-6-27-12)17-10-19(25)16(9-20(17)26)13(2)30-24-28-7-5-21(31-24)22-18(14(3)32)11-29-23(22)33/h4-10,13-14,18,22,32H,11H2,1-3H3,(H,29,33)(H,28,30,31)/t13-,14+,18?,22+/m0/s1. The Bertz CT molecular complexity index is 1190. The SMILES string of the molecule is Cc1cc(-c2cc(F)c([C@H](C)Nc3nccc([C@@H]4C(=O)NCC4[C@@H](C)O)n3)cc2F)ccn1. The summed E-state index contributed by atoms with van der Waals surface area (Å²) in [5.74, 6) is -2.08. The lowest BCUT2D eigenvalue weighted by molar-refractivity contribution is -0.121. The van der Waals surface area contributed by atoms with Gasteiger partial charge in [-0.25, -0.2) is 18.7 Å². The summed E-state index contributed by atoms with van der Waals surface area (Å²) in [6.07, 6.45) is 2.35. The molecule has 0 saturated carbocycles. The number of pyridine rings is 1. The van der Waals surface area contributed by atoms with Gasteiger partial charge in [0.05, 0.1) is 23.8 Å². The van der Waals surface area contributed by atoms with Crippen molar-refractivity contribution in [1.82, 2.24) is 20.3 Å². The van der Waals surface area contributed by atoms with E-state index in [1.807, 2.05) is 0 Å². The molecule has 9 heteroatoms. The number of rotatable bonds is 6. The smallest absolute Gasteiger partial charge is 0.229 e. The Morgan fingerprint density at radius 1 is 1.12 bits per heavy atom. The number of carbonyl (C=O) groups is 1. The fourth-order valence-corrected chi connectivity index (χ4v) is 4.16. The maximum absolute atomic E-state index is 14.9. The van der Waals surface area contributed by atoms with Crippen LogP contribution in [0.4, 0.5) is 14.7 Å². The van der Waals surface area contributed by atoms with E-state index in [1.165, 1.54) is 12.3 Å². The minimum Gasteiger partial charge on any atom is -0.393 e. The largest absolute Gasteiger partial charge is 0.393 e. The van der Waals surface area contributed by atoms with Gasteiger partial charge in [0.15, 0.2) is 0 Å². The molecule has 3 aromatic rings. The van der Waals surface area contributed by atoms with E-state index in [0.29, 0.717) is 23.5 Å². The van der Waals surface area contributed by atoms with E-state index in [-0.39, 0.29) is 28.9 Å². The molecule has 4 atom stereocenters. The summed E-state index contributed by atoms with van der Waals surface area (Å²) in [5.41, 5.74) is 1.98. The number of aromatic nitrogens is 3. The molecule has 2 aromatic heterocycles. The number of hydrogen-bond acceptors (Lipinski definition) is 6. The van der Waals surface area contributed by atoms with Crippen LogP contribution in [-0.2, 0) is 4.79 Å². The van der Waals surface area contributed by atoms with Crippen LogP contribution < -0.4 is 10.6 Å². The van der Waals surface area contributed by atoms with Crippen molar-refractivity contribution in [2.24, 2.45) is 5.92 Å². The molecule has 33 heavy (non-hydrogen) atoms. The van der Waals surface area contributed by atoms with Crippen LogP contribution in [0, 0.1) is 24.5 Å². The molecule has 1 amide bonds. The van der Waals surface area contributed by atoms with Crippen LogP contribution in [0.3, 0.4) is 0 Å². The Balaban J connectivity index is 1.58. The van der Waals surface area contributed by atoms with Crippen LogP contribution in [0.5, 0.6) is 0 Å². The molecule has 3 heterocycles. The van der Waals surface area contributed by atoms with Crippen molar-refractivity contribution >= 4 is 11.9 Å². The highest BCUT2D eigenvalue weighted by Gasteiger charge is 2.39. The van der Waals surface area contributed by atoms with Crippen LogP contribution in [0.1, 0.15) is 42.8 Å². The van der Waals surface area contributed by atoms with Crippen molar-refractivity contribution in [3.8, 4) is 11.1 Å². The summed E-state index contributed by atoms with van der Waals surface area (Å²) >= 11 is 0. The van der Waals surface area contributed by atoms with E-state index < -0.39 is 29.7 Å². The van der Waals surface area contributed by atoms with E-state index in [4.69, 9.17) is 0 Å². The number of amides is 1. The molecule has 1 saturated heterocycles. The van der Waals surface area contributed by atoms with E-state index in [0.717, 1.165) is 6.07 Å². The summed E-state index contributed by atoms with van der Waals surface area (Å²) in [6.45, 7) is 5.45. The second kappa shape index (κ2) is 9.19. The van der Waals surface area contributed by atoms with Crippen LogP contribution >= 0.6 is 0 Å². The minimum atomic E-state index is -0.695. The second-order valence-corrected chi connectivity index (χ2v) is 8.34. The topological polar surface area (TPSA) is 100 Å². The number of aliphatic hydroxyl groups is 1. The lowest BCUT2D eigenvalue weighted by Crippen LogP contribution is -2.25. The number of nitrogens with zero attached hydrogens (tertiary/aromatic N) is 3. The minimum absolute atomic E-state index is 0.122. The fourth-order valence-electron chi connectivity index (χ4n) is 4.16. The highest BCUT2D eigenvalue weighted by Crippen LogP contribution is 2.32. The van der Waals surface area contributed by atoms with Gasteiger partial charge in [-0.3, -0.25) is 9.78 Å². The first kappa shape index (κ1) is 22.7. The summed E-state index contributed by atoms with van der Waals surface area (Å²) < 4.78 is 29.8. The number of nitrogens with one attached hydrogen (secondary N) is 2. The number of benzene rings is 1. The molecule has 0 radical (unpaired) electrons. The van der Waals surface area contributed by atoms with Gasteiger partial charge in [0.25, 0.3) is 0 Å². The van der Waals surface area contributed by atoms with Crippen molar-refractivity contribution in [2.75, 3.05) is 11.9 Å². The Kier molecular flexibility index (Phi) is 6.33. The fraction of sp³-hybridized carbons (Fsp3) is 0.333. The van der Waals surface area contributed by atoms with Gasteiger partial charge in [-0.15, -0.1) is 0 Å². The lowest BCUT2D eigenvalue weighted by atomic mass is 9.88. The predicted octanol–water partition coefficient (Wildman–Crippen LogP) is 3.51. The van der Waals surface area contributed by atoms with Crippen molar-refractivity contribution < 1.29 is 18.7 Å². The molecule has 7 nitrogen and oxygen atoms in total. The maximum Gasteiger partial charge on any atom is 0.229 e. The van der Waals surface area contributed by atoms with Crippen LogP contribution in [0.15, 0.2) is 42.7 Å². The third-order valence-electron chi connectivity index (χ3n) is 5.94. The maximum atomic E-state index is 14.9. The molecule has 1 aromatic carbocycles. The molecule has 3 N–H and O–H groups in total. The normalized spacial score (nSPS) is 19.8. The molecule has 0 aliphatic carbocycles. The molecule has 0 bridgehead atoms. The molecular formula is C24H25F2N5O2. The highest BCUT2D eigenvalue weighted by molar-refractivity contribution is 5.85. The Hall–Kier alpha value is -3.46. The molecule has 1 aliphatic rings. The first-order valence-electron chi connectivity index (χ1n) is 10.7. The lowest BCUT2D eigenvalue weighted by Gasteiger charge is -2.20. The Morgan fingerprint density at radius 2 is 1.88 bits per heavy atom.